The maximum atomic E-state index is 13.3. The summed E-state index contributed by atoms with van der Waals surface area (Å²) in [6.45, 7) is 0.568. The number of nitrogens with zero attached hydrogens (tertiary/aromatic N) is 1. The lowest BCUT2D eigenvalue weighted by molar-refractivity contribution is 0.491. The molecule has 0 bridgehead atoms. The Morgan fingerprint density at radius 3 is 2.83 bits per heavy atom. The first-order valence-corrected chi connectivity index (χ1v) is 6.16. The number of benzene rings is 1. The molecule has 0 aliphatic heterocycles. The molecule has 0 unspecified atom stereocenters. The first-order chi connectivity index (χ1) is 8.70. The highest BCUT2D eigenvalue weighted by Gasteiger charge is 2.07. The lowest BCUT2D eigenvalue weighted by Gasteiger charge is -2.07. The fraction of sp³-hybridized carbons (Fsp3) is 0.154. The zero-order valence-electron chi connectivity index (χ0n) is 9.41. The summed E-state index contributed by atoms with van der Waals surface area (Å²) in [4.78, 5) is 0. The minimum absolute atomic E-state index is 0.0399. The molecule has 0 saturated heterocycles. The molecular formula is C13H10BrFN2O. The van der Waals surface area contributed by atoms with Crippen molar-refractivity contribution >= 4 is 21.6 Å². The van der Waals surface area contributed by atoms with E-state index < -0.39 is 5.82 Å². The second-order valence-corrected chi connectivity index (χ2v) is 4.44. The molecule has 18 heavy (non-hydrogen) atoms. The van der Waals surface area contributed by atoms with Crippen LogP contribution in [0.5, 0.6) is 0 Å². The fourth-order valence-corrected chi connectivity index (χ4v) is 1.93. The van der Waals surface area contributed by atoms with Crippen molar-refractivity contribution in [2.24, 2.45) is 0 Å². The molecule has 0 radical (unpaired) electrons. The zero-order valence-corrected chi connectivity index (χ0v) is 11.0. The quantitative estimate of drug-likeness (QED) is 0.936. The van der Waals surface area contributed by atoms with E-state index in [1.54, 1.807) is 12.1 Å². The van der Waals surface area contributed by atoms with Crippen LogP contribution in [0.15, 0.2) is 39.4 Å². The molecule has 0 atom stereocenters. The van der Waals surface area contributed by atoms with Crippen molar-refractivity contribution in [2.45, 2.75) is 6.42 Å². The molecule has 0 fully saturated rings. The summed E-state index contributed by atoms with van der Waals surface area (Å²) in [6.07, 6.45) is 0.660. The van der Waals surface area contributed by atoms with Gasteiger partial charge in [-0.3, -0.25) is 0 Å². The second kappa shape index (κ2) is 5.69. The van der Waals surface area contributed by atoms with Crippen LogP contribution in [0, 0.1) is 17.1 Å². The highest BCUT2D eigenvalue weighted by atomic mass is 79.9. The van der Waals surface area contributed by atoms with Crippen LogP contribution < -0.4 is 5.32 Å². The normalized spacial score (nSPS) is 10.1. The lowest BCUT2D eigenvalue weighted by atomic mass is 10.2. The summed E-state index contributed by atoms with van der Waals surface area (Å²) >= 11 is 3.22. The average molecular weight is 309 g/mol. The van der Waals surface area contributed by atoms with Gasteiger partial charge in [-0.1, -0.05) is 6.07 Å². The van der Waals surface area contributed by atoms with Crippen molar-refractivity contribution in [3.63, 3.8) is 0 Å². The minimum atomic E-state index is -0.511. The van der Waals surface area contributed by atoms with Crippen LogP contribution in [0.2, 0.25) is 0 Å². The number of anilines is 1. The van der Waals surface area contributed by atoms with Gasteiger partial charge in [-0.25, -0.2) is 4.39 Å². The van der Waals surface area contributed by atoms with E-state index in [0.29, 0.717) is 23.3 Å². The maximum Gasteiger partial charge on any atom is 0.169 e. The Kier molecular flexibility index (Phi) is 4.00. The number of furan rings is 1. The summed E-state index contributed by atoms with van der Waals surface area (Å²) in [7, 11) is 0. The number of nitriles is 1. The molecule has 0 amide bonds. The lowest BCUT2D eigenvalue weighted by Crippen LogP contribution is -2.06. The Labute approximate surface area is 112 Å². The molecule has 2 rings (SSSR count). The van der Waals surface area contributed by atoms with Crippen molar-refractivity contribution in [3.05, 3.63) is 52.1 Å². The monoisotopic (exact) mass is 308 g/mol. The summed E-state index contributed by atoms with van der Waals surface area (Å²) in [5, 5.41) is 11.9. The Bertz CT molecular complexity index is 589. The zero-order chi connectivity index (χ0) is 13.0. The maximum absolute atomic E-state index is 13.3. The van der Waals surface area contributed by atoms with Crippen LogP contribution in [0.25, 0.3) is 0 Å². The van der Waals surface area contributed by atoms with E-state index in [9.17, 15) is 4.39 Å². The van der Waals surface area contributed by atoms with E-state index in [1.807, 2.05) is 18.2 Å². The molecule has 0 spiro atoms. The smallest absolute Gasteiger partial charge is 0.169 e. The SMILES string of the molecule is N#Cc1c(F)cccc1NCCc1ccc(Br)o1. The summed E-state index contributed by atoms with van der Waals surface area (Å²) in [5.74, 6) is 0.313. The van der Waals surface area contributed by atoms with Gasteiger partial charge in [0.15, 0.2) is 4.67 Å². The Hall–Kier alpha value is -1.80. The highest BCUT2D eigenvalue weighted by Crippen LogP contribution is 2.18. The predicted octanol–water partition coefficient (Wildman–Crippen LogP) is 3.71. The molecule has 0 aliphatic rings. The van der Waals surface area contributed by atoms with Gasteiger partial charge >= 0.3 is 0 Å². The average Bonchev–Trinajstić information content (AvgIpc) is 2.75. The molecule has 1 aromatic heterocycles. The molecule has 1 N–H and O–H groups in total. The van der Waals surface area contributed by atoms with Gasteiger partial charge in [0.25, 0.3) is 0 Å². The number of hydrogen-bond donors (Lipinski definition) is 1. The highest BCUT2D eigenvalue weighted by molar-refractivity contribution is 9.10. The Morgan fingerprint density at radius 2 is 2.17 bits per heavy atom. The van der Waals surface area contributed by atoms with Gasteiger partial charge in [0.1, 0.15) is 23.2 Å². The van der Waals surface area contributed by atoms with Gasteiger partial charge < -0.3 is 9.73 Å². The van der Waals surface area contributed by atoms with Crippen molar-refractivity contribution in [1.82, 2.24) is 0 Å². The molecule has 2 aromatic rings. The topological polar surface area (TPSA) is 49.0 Å². The molecular weight excluding hydrogens is 299 g/mol. The van der Waals surface area contributed by atoms with Gasteiger partial charge in [0, 0.05) is 13.0 Å². The fourth-order valence-electron chi connectivity index (χ4n) is 1.59. The molecule has 1 aromatic carbocycles. The van der Waals surface area contributed by atoms with Crippen LogP contribution in [0.3, 0.4) is 0 Å². The summed E-state index contributed by atoms with van der Waals surface area (Å²) < 4.78 is 19.3. The summed E-state index contributed by atoms with van der Waals surface area (Å²) in [6, 6.07) is 10.1. The third-order valence-corrected chi connectivity index (χ3v) is 2.87. The number of nitrogens with one attached hydrogen (secondary N) is 1. The predicted molar refractivity (Wildman–Crippen MR) is 69.7 cm³/mol. The van der Waals surface area contributed by atoms with Crippen molar-refractivity contribution in [1.29, 1.82) is 5.26 Å². The number of rotatable bonds is 4. The first kappa shape index (κ1) is 12.7. The van der Waals surface area contributed by atoms with E-state index in [1.165, 1.54) is 6.07 Å². The Balaban J connectivity index is 1.99. The molecule has 5 heteroatoms. The van der Waals surface area contributed by atoms with Gasteiger partial charge in [-0.05, 0) is 40.2 Å². The first-order valence-electron chi connectivity index (χ1n) is 5.37. The molecule has 0 aliphatic carbocycles. The van der Waals surface area contributed by atoms with Crippen LogP contribution in [0.1, 0.15) is 11.3 Å². The Morgan fingerprint density at radius 1 is 1.33 bits per heavy atom. The van der Waals surface area contributed by atoms with Crippen molar-refractivity contribution < 1.29 is 8.81 Å². The van der Waals surface area contributed by atoms with E-state index in [0.717, 1.165) is 5.76 Å². The summed E-state index contributed by atoms with van der Waals surface area (Å²) in [5.41, 5.74) is 0.543. The van der Waals surface area contributed by atoms with Gasteiger partial charge in [-0.2, -0.15) is 5.26 Å². The van der Waals surface area contributed by atoms with E-state index in [2.05, 4.69) is 21.2 Å². The van der Waals surface area contributed by atoms with Crippen LogP contribution in [-0.4, -0.2) is 6.54 Å². The van der Waals surface area contributed by atoms with Crippen LogP contribution >= 0.6 is 15.9 Å². The number of hydrogen-bond acceptors (Lipinski definition) is 3. The van der Waals surface area contributed by atoms with Crippen LogP contribution in [-0.2, 0) is 6.42 Å². The standard InChI is InChI=1S/C13H10BrFN2O/c14-13-5-4-9(18-13)6-7-17-12-3-1-2-11(15)10(12)8-16/h1-5,17H,6-7H2. The number of halogens is 2. The van der Waals surface area contributed by atoms with Gasteiger partial charge in [-0.15, -0.1) is 0 Å². The van der Waals surface area contributed by atoms with Crippen molar-refractivity contribution in [2.75, 3.05) is 11.9 Å². The van der Waals surface area contributed by atoms with Gasteiger partial charge in [0.2, 0.25) is 0 Å². The molecule has 1 heterocycles. The molecule has 3 nitrogen and oxygen atoms in total. The van der Waals surface area contributed by atoms with Gasteiger partial charge in [0.05, 0.1) is 5.69 Å². The minimum Gasteiger partial charge on any atom is -0.454 e. The van der Waals surface area contributed by atoms with Crippen molar-refractivity contribution in [3.8, 4) is 6.07 Å². The van der Waals surface area contributed by atoms with Crippen LogP contribution in [0.4, 0.5) is 10.1 Å². The molecule has 0 saturated carbocycles. The third kappa shape index (κ3) is 2.90. The van der Waals surface area contributed by atoms with E-state index >= 15 is 0 Å². The third-order valence-electron chi connectivity index (χ3n) is 2.44. The van der Waals surface area contributed by atoms with E-state index in [-0.39, 0.29) is 5.56 Å². The second-order valence-electron chi connectivity index (χ2n) is 3.66. The van der Waals surface area contributed by atoms with E-state index in [4.69, 9.17) is 9.68 Å². The largest absolute Gasteiger partial charge is 0.454 e. The molecule has 92 valence electrons.